The van der Waals surface area contributed by atoms with E-state index in [0.29, 0.717) is 12.6 Å². The molecule has 0 saturated heterocycles. The van der Waals surface area contributed by atoms with Gasteiger partial charge in [0.05, 0.1) is 6.04 Å². The van der Waals surface area contributed by atoms with Gasteiger partial charge >= 0.3 is 0 Å². The number of amides is 1. The summed E-state index contributed by atoms with van der Waals surface area (Å²) in [6.45, 7) is 7.55. The van der Waals surface area contributed by atoms with E-state index >= 15 is 0 Å². The van der Waals surface area contributed by atoms with Crippen molar-refractivity contribution in [2.45, 2.75) is 39.3 Å². The van der Waals surface area contributed by atoms with E-state index < -0.39 is 6.04 Å². The Morgan fingerprint density at radius 1 is 1.50 bits per heavy atom. The van der Waals surface area contributed by atoms with Crippen molar-refractivity contribution in [3.63, 3.8) is 0 Å². The van der Waals surface area contributed by atoms with Crippen molar-refractivity contribution >= 4 is 5.91 Å². The van der Waals surface area contributed by atoms with Crippen LogP contribution in [0.5, 0.6) is 0 Å². The number of nitrogens with two attached hydrogens (primary N) is 1. The number of carbonyl (C=O) groups excluding carboxylic acids is 1. The van der Waals surface area contributed by atoms with Crippen LogP contribution in [0.3, 0.4) is 0 Å². The van der Waals surface area contributed by atoms with Crippen LogP contribution in [0.25, 0.3) is 0 Å². The van der Waals surface area contributed by atoms with Crippen LogP contribution in [0.2, 0.25) is 0 Å². The average molecular weight is 201 g/mol. The molecular weight excluding hydrogens is 178 g/mol. The van der Waals surface area contributed by atoms with Gasteiger partial charge in [-0.3, -0.25) is 4.79 Å². The Labute approximate surface area is 86.8 Å². The maximum absolute atomic E-state index is 11.1. The molecule has 4 heteroatoms. The van der Waals surface area contributed by atoms with Crippen LogP contribution in [0.4, 0.5) is 0 Å². The van der Waals surface area contributed by atoms with Crippen LogP contribution in [0.15, 0.2) is 0 Å². The number of likely N-dealkylation sites (N-methyl/N-ethyl adjacent to an activating group) is 1. The standard InChI is InChI=1S/C10H23N3O/c1-5-8(2)13(4)7-6-12-10(14)9(3)11/h8-9H,5-7,11H2,1-4H3,(H,12,14). The minimum atomic E-state index is -0.413. The summed E-state index contributed by atoms with van der Waals surface area (Å²) in [5, 5.41) is 2.79. The summed E-state index contributed by atoms with van der Waals surface area (Å²) >= 11 is 0. The van der Waals surface area contributed by atoms with Gasteiger partial charge in [0, 0.05) is 19.1 Å². The van der Waals surface area contributed by atoms with Gasteiger partial charge in [-0.05, 0) is 27.3 Å². The Bertz CT molecular complexity index is 171. The summed E-state index contributed by atoms with van der Waals surface area (Å²) < 4.78 is 0. The molecule has 0 aliphatic heterocycles. The van der Waals surface area contributed by atoms with E-state index in [1.165, 1.54) is 0 Å². The molecule has 0 saturated carbocycles. The first-order valence-electron chi connectivity index (χ1n) is 5.22. The number of nitrogens with one attached hydrogen (secondary N) is 1. The first-order chi connectivity index (χ1) is 6.49. The van der Waals surface area contributed by atoms with E-state index in [2.05, 4.69) is 31.1 Å². The topological polar surface area (TPSA) is 58.4 Å². The molecule has 2 atom stereocenters. The van der Waals surface area contributed by atoms with Crippen molar-refractivity contribution in [3.8, 4) is 0 Å². The van der Waals surface area contributed by atoms with E-state index in [1.54, 1.807) is 6.92 Å². The van der Waals surface area contributed by atoms with Gasteiger partial charge in [-0.2, -0.15) is 0 Å². The fourth-order valence-electron chi connectivity index (χ4n) is 1.05. The molecule has 84 valence electrons. The highest BCUT2D eigenvalue weighted by molar-refractivity contribution is 5.80. The molecule has 14 heavy (non-hydrogen) atoms. The molecule has 3 N–H and O–H groups in total. The summed E-state index contributed by atoms with van der Waals surface area (Å²) in [7, 11) is 2.06. The Hall–Kier alpha value is -0.610. The molecule has 0 aliphatic rings. The third-order valence-electron chi connectivity index (χ3n) is 2.52. The van der Waals surface area contributed by atoms with Crippen molar-refractivity contribution in [1.82, 2.24) is 10.2 Å². The van der Waals surface area contributed by atoms with Crippen molar-refractivity contribution < 1.29 is 4.79 Å². The van der Waals surface area contributed by atoms with Crippen molar-refractivity contribution in [2.24, 2.45) is 5.73 Å². The highest BCUT2D eigenvalue weighted by Crippen LogP contribution is 1.97. The molecule has 0 rings (SSSR count). The third kappa shape index (κ3) is 5.19. The fraction of sp³-hybridized carbons (Fsp3) is 0.900. The predicted molar refractivity (Wildman–Crippen MR) is 59.0 cm³/mol. The minimum absolute atomic E-state index is 0.0810. The van der Waals surface area contributed by atoms with Gasteiger partial charge in [0.2, 0.25) is 5.91 Å². The summed E-state index contributed by atoms with van der Waals surface area (Å²) in [6, 6.07) is 0.145. The second-order valence-corrected chi connectivity index (χ2v) is 3.82. The van der Waals surface area contributed by atoms with Crippen molar-refractivity contribution in [3.05, 3.63) is 0 Å². The Morgan fingerprint density at radius 2 is 2.07 bits per heavy atom. The summed E-state index contributed by atoms with van der Waals surface area (Å²) in [5.41, 5.74) is 5.41. The Kier molecular flexibility index (Phi) is 6.49. The van der Waals surface area contributed by atoms with Gasteiger partial charge in [0.25, 0.3) is 0 Å². The van der Waals surface area contributed by atoms with Crippen LogP contribution >= 0.6 is 0 Å². The van der Waals surface area contributed by atoms with Crippen molar-refractivity contribution in [1.29, 1.82) is 0 Å². The van der Waals surface area contributed by atoms with Crippen LogP contribution in [-0.2, 0) is 4.79 Å². The Morgan fingerprint density at radius 3 is 2.50 bits per heavy atom. The lowest BCUT2D eigenvalue weighted by Gasteiger charge is -2.23. The zero-order valence-corrected chi connectivity index (χ0v) is 9.71. The fourth-order valence-corrected chi connectivity index (χ4v) is 1.05. The molecule has 0 aromatic carbocycles. The molecule has 4 nitrogen and oxygen atoms in total. The van der Waals surface area contributed by atoms with E-state index in [-0.39, 0.29) is 5.91 Å². The van der Waals surface area contributed by atoms with E-state index in [9.17, 15) is 4.79 Å². The van der Waals surface area contributed by atoms with Gasteiger partial charge < -0.3 is 16.0 Å². The summed E-state index contributed by atoms with van der Waals surface area (Å²) in [6.07, 6.45) is 1.12. The molecule has 0 heterocycles. The lowest BCUT2D eigenvalue weighted by atomic mass is 10.2. The molecule has 2 unspecified atom stereocenters. The third-order valence-corrected chi connectivity index (χ3v) is 2.52. The maximum Gasteiger partial charge on any atom is 0.236 e. The number of hydrogen-bond acceptors (Lipinski definition) is 3. The first kappa shape index (κ1) is 13.4. The molecule has 0 bridgehead atoms. The lowest BCUT2D eigenvalue weighted by molar-refractivity contribution is -0.122. The molecule has 0 aromatic heterocycles. The largest absolute Gasteiger partial charge is 0.353 e. The van der Waals surface area contributed by atoms with Crippen LogP contribution in [0, 0.1) is 0 Å². The second kappa shape index (κ2) is 6.79. The lowest BCUT2D eigenvalue weighted by Crippen LogP contribution is -2.42. The van der Waals surface area contributed by atoms with Crippen LogP contribution in [-0.4, -0.2) is 43.0 Å². The monoisotopic (exact) mass is 201 g/mol. The SMILES string of the molecule is CCC(C)N(C)CCNC(=O)C(C)N. The zero-order valence-electron chi connectivity index (χ0n) is 9.71. The van der Waals surface area contributed by atoms with Gasteiger partial charge in [-0.1, -0.05) is 6.92 Å². The molecular formula is C10H23N3O. The minimum Gasteiger partial charge on any atom is -0.353 e. The number of hydrogen-bond donors (Lipinski definition) is 2. The van der Waals surface area contributed by atoms with Gasteiger partial charge in [0.1, 0.15) is 0 Å². The number of carbonyl (C=O) groups is 1. The Balaban J connectivity index is 3.59. The van der Waals surface area contributed by atoms with Crippen molar-refractivity contribution in [2.75, 3.05) is 20.1 Å². The van der Waals surface area contributed by atoms with Crippen LogP contribution < -0.4 is 11.1 Å². The maximum atomic E-state index is 11.1. The summed E-state index contributed by atoms with van der Waals surface area (Å²) in [4.78, 5) is 13.3. The smallest absolute Gasteiger partial charge is 0.236 e. The van der Waals surface area contributed by atoms with E-state index in [4.69, 9.17) is 5.73 Å². The van der Waals surface area contributed by atoms with Gasteiger partial charge in [-0.25, -0.2) is 0 Å². The number of rotatable bonds is 6. The van der Waals surface area contributed by atoms with Gasteiger partial charge in [0.15, 0.2) is 0 Å². The zero-order chi connectivity index (χ0) is 11.1. The molecule has 0 radical (unpaired) electrons. The van der Waals surface area contributed by atoms with Gasteiger partial charge in [-0.15, -0.1) is 0 Å². The van der Waals surface area contributed by atoms with E-state index in [1.807, 2.05) is 0 Å². The highest BCUT2D eigenvalue weighted by atomic mass is 16.2. The molecule has 0 aliphatic carbocycles. The average Bonchev–Trinajstić information content (AvgIpc) is 2.15. The molecule has 0 fully saturated rings. The normalized spacial score (nSPS) is 15.3. The highest BCUT2D eigenvalue weighted by Gasteiger charge is 2.08. The summed E-state index contributed by atoms with van der Waals surface area (Å²) in [5.74, 6) is -0.0810. The molecule has 1 amide bonds. The predicted octanol–water partition coefficient (Wildman–Crippen LogP) is 0.180. The first-order valence-corrected chi connectivity index (χ1v) is 5.22. The second-order valence-electron chi connectivity index (χ2n) is 3.82. The van der Waals surface area contributed by atoms with E-state index in [0.717, 1.165) is 13.0 Å². The molecule has 0 aromatic rings. The quantitative estimate of drug-likeness (QED) is 0.644. The van der Waals surface area contributed by atoms with Crippen LogP contribution in [0.1, 0.15) is 27.2 Å². The number of nitrogens with zero attached hydrogens (tertiary/aromatic N) is 1. The molecule has 0 spiro atoms.